The van der Waals surface area contributed by atoms with E-state index in [0.717, 1.165) is 18.5 Å². The molecule has 1 aliphatic carbocycles. The number of carboxylic acids is 1. The zero-order chi connectivity index (χ0) is 12.9. The maximum atomic E-state index is 11.8. The van der Waals surface area contributed by atoms with Crippen molar-refractivity contribution in [2.75, 3.05) is 13.1 Å². The highest BCUT2D eigenvalue weighted by Gasteiger charge is 2.41. The van der Waals surface area contributed by atoms with Gasteiger partial charge in [0.15, 0.2) is 5.69 Å². The summed E-state index contributed by atoms with van der Waals surface area (Å²) >= 11 is 2.00. The molecule has 2 fully saturated rings. The number of aromatic nitrogens is 2. The second-order valence-electron chi connectivity index (χ2n) is 4.82. The molecule has 0 spiro atoms. The largest absolute Gasteiger partial charge is 0.476 e. The van der Waals surface area contributed by atoms with E-state index in [1.54, 1.807) is 0 Å². The van der Waals surface area contributed by atoms with E-state index in [9.17, 15) is 9.59 Å². The lowest BCUT2D eigenvalue weighted by molar-refractivity contribution is -0.137. The van der Waals surface area contributed by atoms with Crippen LogP contribution >= 0.6 is 22.6 Å². The number of carbonyl (C=O) groups excluding carboxylic acids is 1. The molecule has 0 unspecified atom stereocenters. The number of nitrogens with one attached hydrogen (secondary N) is 1. The first-order valence-electron chi connectivity index (χ1n) is 5.83. The molecule has 18 heavy (non-hydrogen) atoms. The number of aromatic carboxylic acids is 1. The predicted molar refractivity (Wildman–Crippen MR) is 70.3 cm³/mol. The Labute approximate surface area is 117 Å². The molecule has 1 saturated carbocycles. The molecule has 0 atom stereocenters. The number of carboxylic acid groups (broad SMARTS) is 1. The number of halogens is 1. The number of H-pyrrole nitrogens is 1. The summed E-state index contributed by atoms with van der Waals surface area (Å²) in [7, 11) is 0. The van der Waals surface area contributed by atoms with Crippen LogP contribution in [0.1, 0.15) is 34.9 Å². The Morgan fingerprint density at radius 1 is 1.39 bits per heavy atom. The molecule has 1 saturated heterocycles. The van der Waals surface area contributed by atoms with E-state index in [4.69, 9.17) is 5.11 Å². The molecular weight excluding hydrogens is 349 g/mol. The van der Waals surface area contributed by atoms with Gasteiger partial charge in [-0.1, -0.05) is 0 Å². The molecule has 2 heterocycles. The molecule has 96 valence electrons. The SMILES string of the molecule is O=C(O)c1n[nH]c(C2CN(C(=O)C3CC3)C2)c1I. The zero-order valence-corrected chi connectivity index (χ0v) is 11.7. The smallest absolute Gasteiger partial charge is 0.357 e. The van der Waals surface area contributed by atoms with Crippen LogP contribution in [0, 0.1) is 9.49 Å². The highest BCUT2D eigenvalue weighted by atomic mass is 127. The molecule has 1 amide bonds. The molecule has 1 aromatic heterocycles. The van der Waals surface area contributed by atoms with Crippen LogP contribution in [-0.4, -0.2) is 45.2 Å². The standard InChI is InChI=1S/C11H12IN3O3/c12-7-8(13-14-9(7)11(17)18)6-3-15(4-6)10(16)5-1-2-5/h5-6H,1-4H2,(H,13,14)(H,17,18). The van der Waals surface area contributed by atoms with E-state index < -0.39 is 5.97 Å². The van der Waals surface area contributed by atoms with Gasteiger partial charge in [-0.3, -0.25) is 9.89 Å². The van der Waals surface area contributed by atoms with Gasteiger partial charge in [-0.2, -0.15) is 5.10 Å². The third-order valence-electron chi connectivity index (χ3n) is 3.46. The molecule has 3 rings (SSSR count). The van der Waals surface area contributed by atoms with Crippen LogP contribution in [0.25, 0.3) is 0 Å². The summed E-state index contributed by atoms with van der Waals surface area (Å²) in [5, 5.41) is 15.5. The van der Waals surface area contributed by atoms with Gasteiger partial charge in [0.1, 0.15) is 0 Å². The Balaban J connectivity index is 1.67. The lowest BCUT2D eigenvalue weighted by Gasteiger charge is -2.39. The number of carbonyl (C=O) groups is 2. The monoisotopic (exact) mass is 361 g/mol. The Morgan fingerprint density at radius 3 is 2.56 bits per heavy atom. The zero-order valence-electron chi connectivity index (χ0n) is 9.52. The van der Waals surface area contributed by atoms with Crippen molar-refractivity contribution in [3.8, 4) is 0 Å². The fourth-order valence-corrected chi connectivity index (χ4v) is 3.10. The van der Waals surface area contributed by atoms with Crippen LogP contribution in [0.3, 0.4) is 0 Å². The number of likely N-dealkylation sites (tertiary alicyclic amines) is 1. The van der Waals surface area contributed by atoms with Crippen LogP contribution in [0.2, 0.25) is 0 Å². The minimum absolute atomic E-state index is 0.0672. The molecule has 1 aromatic rings. The Kier molecular flexibility index (Phi) is 2.80. The molecular formula is C11H12IN3O3. The molecule has 1 aliphatic heterocycles. The molecule has 2 aliphatic rings. The predicted octanol–water partition coefficient (Wildman–Crippen LogP) is 1.05. The Morgan fingerprint density at radius 2 is 2.06 bits per heavy atom. The summed E-state index contributed by atoms with van der Waals surface area (Å²) in [5.41, 5.74) is 0.908. The average molecular weight is 361 g/mol. The van der Waals surface area contributed by atoms with Crippen LogP contribution in [0.5, 0.6) is 0 Å². The van der Waals surface area contributed by atoms with Crippen LogP contribution < -0.4 is 0 Å². The maximum absolute atomic E-state index is 11.8. The van der Waals surface area contributed by atoms with Crippen molar-refractivity contribution >= 4 is 34.5 Å². The van der Waals surface area contributed by atoms with Crippen molar-refractivity contribution in [3.63, 3.8) is 0 Å². The van der Waals surface area contributed by atoms with Gasteiger partial charge in [0, 0.05) is 24.9 Å². The van der Waals surface area contributed by atoms with Gasteiger partial charge in [-0.05, 0) is 35.4 Å². The molecule has 7 heteroatoms. The van der Waals surface area contributed by atoms with Gasteiger partial charge in [0.05, 0.1) is 9.26 Å². The van der Waals surface area contributed by atoms with Crippen molar-refractivity contribution in [3.05, 3.63) is 15.0 Å². The summed E-state index contributed by atoms with van der Waals surface area (Å²) in [5.74, 6) is -0.326. The van der Waals surface area contributed by atoms with Crippen LogP contribution in [0.4, 0.5) is 0 Å². The van der Waals surface area contributed by atoms with E-state index in [0.29, 0.717) is 16.7 Å². The summed E-state index contributed by atoms with van der Waals surface area (Å²) in [4.78, 5) is 24.5. The fourth-order valence-electron chi connectivity index (χ4n) is 2.18. The fraction of sp³-hybridized carbons (Fsp3) is 0.545. The summed E-state index contributed by atoms with van der Waals surface area (Å²) in [6.07, 6.45) is 2.04. The summed E-state index contributed by atoms with van der Waals surface area (Å²) in [6.45, 7) is 1.35. The molecule has 0 aromatic carbocycles. The number of hydrogen-bond acceptors (Lipinski definition) is 3. The lowest BCUT2D eigenvalue weighted by atomic mass is 9.95. The number of hydrogen-bond donors (Lipinski definition) is 2. The number of nitrogens with zero attached hydrogens (tertiary/aromatic N) is 2. The van der Waals surface area contributed by atoms with Gasteiger partial charge in [-0.25, -0.2) is 4.79 Å². The minimum atomic E-state index is -1.02. The first-order chi connectivity index (χ1) is 8.58. The quantitative estimate of drug-likeness (QED) is 0.788. The first kappa shape index (κ1) is 11.9. The summed E-state index contributed by atoms with van der Waals surface area (Å²) in [6, 6.07) is 0. The first-order valence-corrected chi connectivity index (χ1v) is 6.91. The van der Waals surface area contributed by atoms with Crippen molar-refractivity contribution in [2.45, 2.75) is 18.8 Å². The van der Waals surface area contributed by atoms with Crippen molar-refractivity contribution < 1.29 is 14.7 Å². The van der Waals surface area contributed by atoms with Crippen molar-refractivity contribution in [2.24, 2.45) is 5.92 Å². The van der Waals surface area contributed by atoms with E-state index >= 15 is 0 Å². The Bertz CT molecular complexity index is 518. The van der Waals surface area contributed by atoms with E-state index in [1.807, 2.05) is 27.5 Å². The third-order valence-corrected chi connectivity index (χ3v) is 4.56. The van der Waals surface area contributed by atoms with Crippen molar-refractivity contribution in [1.82, 2.24) is 15.1 Å². The lowest BCUT2D eigenvalue weighted by Crippen LogP contribution is -2.49. The number of rotatable bonds is 3. The van der Waals surface area contributed by atoms with Gasteiger partial charge in [-0.15, -0.1) is 0 Å². The van der Waals surface area contributed by atoms with Gasteiger partial charge < -0.3 is 10.0 Å². The molecule has 0 bridgehead atoms. The summed E-state index contributed by atoms with van der Waals surface area (Å²) < 4.78 is 0.656. The third kappa shape index (κ3) is 1.90. The highest BCUT2D eigenvalue weighted by molar-refractivity contribution is 14.1. The van der Waals surface area contributed by atoms with Gasteiger partial charge in [0.25, 0.3) is 0 Å². The molecule has 6 nitrogen and oxygen atoms in total. The van der Waals surface area contributed by atoms with Gasteiger partial charge in [0.2, 0.25) is 5.91 Å². The van der Waals surface area contributed by atoms with Crippen LogP contribution in [-0.2, 0) is 4.79 Å². The second kappa shape index (κ2) is 4.22. The molecule has 0 radical (unpaired) electrons. The number of amides is 1. The Hall–Kier alpha value is -1.12. The van der Waals surface area contributed by atoms with Crippen LogP contribution in [0.15, 0.2) is 0 Å². The maximum Gasteiger partial charge on any atom is 0.357 e. The number of aromatic amines is 1. The normalized spacial score (nSPS) is 19.7. The van der Waals surface area contributed by atoms with Crippen molar-refractivity contribution in [1.29, 1.82) is 0 Å². The molecule has 2 N–H and O–H groups in total. The van der Waals surface area contributed by atoms with Gasteiger partial charge >= 0.3 is 5.97 Å². The van der Waals surface area contributed by atoms with E-state index in [-0.39, 0.29) is 23.4 Å². The van der Waals surface area contributed by atoms with E-state index in [1.165, 1.54) is 0 Å². The topological polar surface area (TPSA) is 86.3 Å². The average Bonchev–Trinajstić information content (AvgIpc) is 3.02. The second-order valence-corrected chi connectivity index (χ2v) is 5.90. The van der Waals surface area contributed by atoms with E-state index in [2.05, 4.69) is 10.2 Å². The minimum Gasteiger partial charge on any atom is -0.476 e. The highest BCUT2D eigenvalue weighted by Crippen LogP contribution is 2.36.